The van der Waals surface area contributed by atoms with Gasteiger partial charge in [0.15, 0.2) is 0 Å². The maximum absolute atomic E-state index is 10.7. The summed E-state index contributed by atoms with van der Waals surface area (Å²) in [6.45, 7) is 2.96. The number of hydrogen-bond donors (Lipinski definition) is 1. The van der Waals surface area contributed by atoms with E-state index in [1.165, 1.54) is 24.8 Å². The molecule has 1 saturated carbocycles. The van der Waals surface area contributed by atoms with Gasteiger partial charge in [-0.3, -0.25) is 0 Å². The van der Waals surface area contributed by atoms with Crippen LogP contribution < -0.4 is 4.74 Å². The van der Waals surface area contributed by atoms with Gasteiger partial charge in [-0.15, -0.1) is 0 Å². The van der Waals surface area contributed by atoms with E-state index in [2.05, 4.69) is 6.92 Å². The molecule has 0 saturated heterocycles. The minimum absolute atomic E-state index is 0.0477. The molecule has 1 aliphatic heterocycles. The fraction of sp³-hybridized carbons (Fsp3) is 0.647. The Labute approximate surface area is 126 Å². The van der Waals surface area contributed by atoms with Crippen molar-refractivity contribution >= 4 is 11.6 Å². The van der Waals surface area contributed by atoms with E-state index in [-0.39, 0.29) is 11.5 Å². The molecule has 1 aromatic carbocycles. The number of aliphatic hydroxyl groups excluding tert-OH is 1. The summed E-state index contributed by atoms with van der Waals surface area (Å²) < 4.78 is 5.74. The van der Waals surface area contributed by atoms with Gasteiger partial charge in [-0.2, -0.15) is 0 Å². The molecule has 0 amide bonds. The Morgan fingerprint density at radius 2 is 2.05 bits per heavy atom. The van der Waals surface area contributed by atoms with Gasteiger partial charge < -0.3 is 9.84 Å². The number of benzene rings is 1. The normalized spacial score (nSPS) is 22.1. The molecular formula is C17H23ClO2. The molecule has 110 valence electrons. The predicted octanol–water partition coefficient (Wildman–Crippen LogP) is 4.15. The fourth-order valence-electron chi connectivity index (χ4n) is 3.65. The molecule has 2 aliphatic rings. The lowest BCUT2D eigenvalue weighted by Crippen LogP contribution is -2.36. The van der Waals surface area contributed by atoms with E-state index in [0.29, 0.717) is 6.42 Å². The van der Waals surface area contributed by atoms with E-state index in [0.717, 1.165) is 42.2 Å². The van der Waals surface area contributed by atoms with Crippen molar-refractivity contribution < 1.29 is 9.84 Å². The average Bonchev–Trinajstić information content (AvgIpc) is 2.87. The van der Waals surface area contributed by atoms with E-state index in [4.69, 9.17) is 16.3 Å². The van der Waals surface area contributed by atoms with Crippen molar-refractivity contribution in [2.24, 2.45) is 5.41 Å². The smallest absolute Gasteiger partial charge is 0.126 e. The summed E-state index contributed by atoms with van der Waals surface area (Å²) in [5, 5.41) is 11.5. The number of halogens is 1. The third-order valence-electron chi connectivity index (χ3n) is 5.04. The molecule has 0 spiro atoms. The fourth-order valence-corrected chi connectivity index (χ4v) is 3.91. The first-order valence-electron chi connectivity index (χ1n) is 7.71. The third-order valence-corrected chi connectivity index (χ3v) is 5.26. The van der Waals surface area contributed by atoms with Crippen molar-refractivity contribution in [3.63, 3.8) is 0 Å². The van der Waals surface area contributed by atoms with Crippen LogP contribution in [0.15, 0.2) is 12.1 Å². The molecule has 1 fully saturated rings. The van der Waals surface area contributed by atoms with Crippen LogP contribution in [0.25, 0.3) is 0 Å². The molecule has 1 N–H and O–H groups in total. The van der Waals surface area contributed by atoms with Crippen LogP contribution in [-0.2, 0) is 12.8 Å². The molecule has 3 heteroatoms. The van der Waals surface area contributed by atoms with Gasteiger partial charge in [0.05, 0.1) is 12.7 Å². The van der Waals surface area contributed by atoms with Crippen LogP contribution in [0.2, 0.25) is 5.02 Å². The number of aliphatic hydroxyl groups is 1. The molecule has 0 aromatic heterocycles. The second kappa shape index (κ2) is 5.57. The van der Waals surface area contributed by atoms with Crippen LogP contribution in [0.1, 0.15) is 50.2 Å². The first-order valence-corrected chi connectivity index (χ1v) is 8.08. The van der Waals surface area contributed by atoms with Crippen LogP contribution >= 0.6 is 11.6 Å². The Morgan fingerprint density at radius 3 is 2.80 bits per heavy atom. The van der Waals surface area contributed by atoms with Gasteiger partial charge in [0.25, 0.3) is 0 Å². The molecule has 1 aromatic rings. The monoisotopic (exact) mass is 294 g/mol. The molecule has 1 heterocycles. The van der Waals surface area contributed by atoms with Crippen molar-refractivity contribution in [1.29, 1.82) is 0 Å². The first kappa shape index (κ1) is 14.2. The lowest BCUT2D eigenvalue weighted by molar-refractivity contribution is 0.0101. The molecule has 1 unspecified atom stereocenters. The number of fused-ring (bicyclic) bond motifs is 1. The van der Waals surface area contributed by atoms with Gasteiger partial charge in [0, 0.05) is 17.9 Å². The van der Waals surface area contributed by atoms with Gasteiger partial charge in [0.2, 0.25) is 0 Å². The maximum atomic E-state index is 10.7. The summed E-state index contributed by atoms with van der Waals surface area (Å²) in [6.07, 6.45) is 7.29. The largest absolute Gasteiger partial charge is 0.493 e. The molecule has 2 nitrogen and oxygen atoms in total. The van der Waals surface area contributed by atoms with Crippen molar-refractivity contribution in [2.45, 2.75) is 58.0 Å². The summed E-state index contributed by atoms with van der Waals surface area (Å²) in [5.41, 5.74) is 2.31. The Morgan fingerprint density at radius 1 is 1.30 bits per heavy atom. The predicted molar refractivity (Wildman–Crippen MR) is 81.6 cm³/mol. The van der Waals surface area contributed by atoms with E-state index < -0.39 is 0 Å². The number of rotatable bonds is 3. The van der Waals surface area contributed by atoms with Gasteiger partial charge in [-0.05, 0) is 41.5 Å². The third kappa shape index (κ3) is 2.68. The lowest BCUT2D eigenvalue weighted by Gasteiger charge is -2.38. The minimum Gasteiger partial charge on any atom is -0.493 e. The Kier molecular flexibility index (Phi) is 3.96. The molecule has 20 heavy (non-hydrogen) atoms. The highest BCUT2D eigenvalue weighted by molar-refractivity contribution is 6.30. The number of hydrogen-bond acceptors (Lipinski definition) is 2. The number of ether oxygens (including phenoxy) is 1. The van der Waals surface area contributed by atoms with Gasteiger partial charge in [-0.1, -0.05) is 37.8 Å². The highest BCUT2D eigenvalue weighted by atomic mass is 35.5. The standard InChI is InChI=1S/C17H23ClO2/c1-17(6-3-2-4-7-17)15(19)11-13-10-14(18)9-12-5-8-20-16(12)13/h9-10,15,19H,2-8,11H2,1H3. The average molecular weight is 295 g/mol. The first-order chi connectivity index (χ1) is 9.58. The topological polar surface area (TPSA) is 29.5 Å². The summed E-state index contributed by atoms with van der Waals surface area (Å²) in [4.78, 5) is 0. The molecule has 3 rings (SSSR count). The maximum Gasteiger partial charge on any atom is 0.126 e. The van der Waals surface area contributed by atoms with Crippen LogP contribution in [0.4, 0.5) is 0 Å². The summed E-state index contributed by atoms with van der Waals surface area (Å²) in [6, 6.07) is 3.95. The zero-order valence-corrected chi connectivity index (χ0v) is 12.9. The summed E-state index contributed by atoms with van der Waals surface area (Å²) in [5.74, 6) is 0.966. The molecule has 1 aliphatic carbocycles. The zero-order valence-electron chi connectivity index (χ0n) is 12.1. The molecule has 0 bridgehead atoms. The van der Waals surface area contributed by atoms with Gasteiger partial charge in [-0.25, -0.2) is 0 Å². The van der Waals surface area contributed by atoms with Gasteiger partial charge >= 0.3 is 0 Å². The van der Waals surface area contributed by atoms with Crippen LogP contribution in [0.5, 0.6) is 5.75 Å². The summed E-state index contributed by atoms with van der Waals surface area (Å²) in [7, 11) is 0. The van der Waals surface area contributed by atoms with Crippen LogP contribution in [0.3, 0.4) is 0 Å². The molecule has 1 atom stereocenters. The minimum atomic E-state index is -0.311. The highest BCUT2D eigenvalue weighted by Crippen LogP contribution is 2.41. The quantitative estimate of drug-likeness (QED) is 0.907. The lowest BCUT2D eigenvalue weighted by atomic mass is 9.70. The molecular weight excluding hydrogens is 272 g/mol. The van der Waals surface area contributed by atoms with Crippen LogP contribution in [-0.4, -0.2) is 17.8 Å². The molecule has 0 radical (unpaired) electrons. The van der Waals surface area contributed by atoms with E-state index in [1.807, 2.05) is 12.1 Å². The van der Waals surface area contributed by atoms with E-state index >= 15 is 0 Å². The van der Waals surface area contributed by atoms with E-state index in [1.54, 1.807) is 0 Å². The Balaban J connectivity index is 1.81. The highest BCUT2D eigenvalue weighted by Gasteiger charge is 2.35. The Hall–Kier alpha value is -0.730. The van der Waals surface area contributed by atoms with Crippen LogP contribution in [0, 0.1) is 5.41 Å². The van der Waals surface area contributed by atoms with Crippen molar-refractivity contribution in [2.75, 3.05) is 6.61 Å². The second-order valence-corrected chi connectivity index (χ2v) is 7.02. The SMILES string of the molecule is CC1(C(O)Cc2cc(Cl)cc3c2OCC3)CCCCC1. The van der Waals surface area contributed by atoms with Gasteiger partial charge in [0.1, 0.15) is 5.75 Å². The zero-order chi connectivity index (χ0) is 14.2. The van der Waals surface area contributed by atoms with Crippen molar-refractivity contribution in [3.8, 4) is 5.75 Å². The second-order valence-electron chi connectivity index (χ2n) is 6.59. The Bertz CT molecular complexity index is 492. The van der Waals surface area contributed by atoms with Crippen molar-refractivity contribution in [1.82, 2.24) is 0 Å². The summed E-state index contributed by atoms with van der Waals surface area (Å²) >= 11 is 6.20. The van der Waals surface area contributed by atoms with E-state index in [9.17, 15) is 5.11 Å². The van der Waals surface area contributed by atoms with Crippen molar-refractivity contribution in [3.05, 3.63) is 28.3 Å².